The third kappa shape index (κ3) is 4.24. The molecule has 5 nitrogen and oxygen atoms in total. The average molecular weight is 671 g/mol. The fourth-order valence-corrected chi connectivity index (χ4v) is 8.85. The van der Waals surface area contributed by atoms with Gasteiger partial charge in [0.15, 0.2) is 17.5 Å². The molecule has 238 valence electrons. The van der Waals surface area contributed by atoms with E-state index in [1.165, 1.54) is 31.1 Å². The highest BCUT2D eigenvalue weighted by atomic mass is 32.1. The lowest BCUT2D eigenvalue weighted by atomic mass is 10.0. The molecule has 0 atom stereocenters. The Hall–Kier alpha value is -6.63. The van der Waals surface area contributed by atoms with Crippen LogP contribution in [-0.4, -0.2) is 19.5 Å². The highest BCUT2D eigenvalue weighted by molar-refractivity contribution is 7.27. The zero-order chi connectivity index (χ0) is 33.5. The fraction of sp³-hybridized carbons (Fsp3) is 0. The van der Waals surface area contributed by atoms with E-state index in [1.807, 2.05) is 78.1 Å². The van der Waals surface area contributed by atoms with Gasteiger partial charge in [0.25, 0.3) is 0 Å². The van der Waals surface area contributed by atoms with Crippen LogP contribution in [0.25, 0.3) is 104 Å². The molecule has 0 bridgehead atoms. The van der Waals surface area contributed by atoms with Crippen LogP contribution in [0.5, 0.6) is 0 Å². The first-order chi connectivity index (χ1) is 25.3. The lowest BCUT2D eigenvalue weighted by molar-refractivity contribution is 0.673. The van der Waals surface area contributed by atoms with Crippen LogP contribution in [0.1, 0.15) is 0 Å². The molecule has 51 heavy (non-hydrogen) atoms. The molecule has 0 aliphatic carbocycles. The van der Waals surface area contributed by atoms with E-state index in [-0.39, 0.29) is 0 Å². The van der Waals surface area contributed by atoms with Crippen LogP contribution in [0.2, 0.25) is 0 Å². The summed E-state index contributed by atoms with van der Waals surface area (Å²) in [6, 6.07) is 54.6. The zero-order valence-electron chi connectivity index (χ0n) is 27.1. The summed E-state index contributed by atoms with van der Waals surface area (Å²) in [6.07, 6.45) is 0. The fourth-order valence-electron chi connectivity index (χ4n) is 7.61. The van der Waals surface area contributed by atoms with Gasteiger partial charge in [0.05, 0.1) is 15.7 Å². The number of hydrogen-bond acceptors (Lipinski definition) is 5. The Bertz CT molecular complexity index is 3080. The Morgan fingerprint density at radius 2 is 1.06 bits per heavy atom. The predicted molar refractivity (Wildman–Crippen MR) is 211 cm³/mol. The second kappa shape index (κ2) is 10.9. The Morgan fingerprint density at radius 3 is 1.80 bits per heavy atom. The summed E-state index contributed by atoms with van der Waals surface area (Å²) in [5, 5.41) is 7.03. The van der Waals surface area contributed by atoms with Crippen LogP contribution in [0.3, 0.4) is 0 Å². The van der Waals surface area contributed by atoms with E-state index in [2.05, 4.69) is 95.6 Å². The van der Waals surface area contributed by atoms with Gasteiger partial charge in [-0.15, -0.1) is 11.3 Å². The zero-order valence-corrected chi connectivity index (χ0v) is 27.9. The van der Waals surface area contributed by atoms with Crippen molar-refractivity contribution < 1.29 is 4.42 Å². The number of nitrogens with zero attached hydrogens (tertiary/aromatic N) is 4. The van der Waals surface area contributed by atoms with Crippen molar-refractivity contribution in [3.63, 3.8) is 0 Å². The Morgan fingerprint density at radius 1 is 0.471 bits per heavy atom. The van der Waals surface area contributed by atoms with E-state index in [4.69, 9.17) is 19.4 Å². The maximum absolute atomic E-state index is 6.75. The summed E-state index contributed by atoms with van der Waals surface area (Å²) >= 11 is 1.83. The van der Waals surface area contributed by atoms with Crippen molar-refractivity contribution >= 4 is 75.3 Å². The van der Waals surface area contributed by atoms with Gasteiger partial charge in [-0.05, 0) is 30.3 Å². The van der Waals surface area contributed by atoms with Crippen molar-refractivity contribution in [2.45, 2.75) is 0 Å². The van der Waals surface area contributed by atoms with Crippen LogP contribution in [-0.2, 0) is 0 Å². The van der Waals surface area contributed by atoms with Crippen molar-refractivity contribution in [3.05, 3.63) is 158 Å². The largest absolute Gasteiger partial charge is 0.455 e. The topological polar surface area (TPSA) is 56.7 Å². The molecule has 0 aliphatic heterocycles. The van der Waals surface area contributed by atoms with Crippen LogP contribution in [0.4, 0.5) is 0 Å². The molecule has 0 aliphatic rings. The third-order valence-electron chi connectivity index (χ3n) is 9.82. The minimum absolute atomic E-state index is 0.626. The lowest BCUT2D eigenvalue weighted by Gasteiger charge is -2.12. The molecule has 0 saturated carbocycles. The number of rotatable bonds is 4. The van der Waals surface area contributed by atoms with Gasteiger partial charge in [0.1, 0.15) is 11.2 Å². The number of aromatic nitrogens is 4. The van der Waals surface area contributed by atoms with Crippen molar-refractivity contribution in [3.8, 4) is 39.9 Å². The van der Waals surface area contributed by atoms with E-state index in [0.717, 1.165) is 55.2 Å². The van der Waals surface area contributed by atoms with Gasteiger partial charge in [0, 0.05) is 59.4 Å². The van der Waals surface area contributed by atoms with Gasteiger partial charge < -0.3 is 8.98 Å². The number of hydrogen-bond donors (Lipinski definition) is 0. The van der Waals surface area contributed by atoms with Crippen LogP contribution in [0.15, 0.2) is 162 Å². The first-order valence-corrected chi connectivity index (χ1v) is 17.8. The van der Waals surface area contributed by atoms with Crippen LogP contribution in [0, 0.1) is 0 Å². The molecule has 0 radical (unpaired) electrons. The van der Waals surface area contributed by atoms with Crippen LogP contribution < -0.4 is 0 Å². The quantitative estimate of drug-likeness (QED) is 0.187. The van der Waals surface area contributed by atoms with E-state index in [1.54, 1.807) is 0 Å². The monoisotopic (exact) mass is 670 g/mol. The summed E-state index contributed by atoms with van der Waals surface area (Å²) in [4.78, 5) is 15.0. The molecule has 11 rings (SSSR count). The molecule has 0 N–H and O–H groups in total. The molecule has 4 aromatic heterocycles. The van der Waals surface area contributed by atoms with Crippen molar-refractivity contribution in [2.75, 3.05) is 0 Å². The van der Waals surface area contributed by atoms with Gasteiger partial charge in [-0.1, -0.05) is 127 Å². The molecule has 11 aromatic rings. The minimum Gasteiger partial charge on any atom is -0.455 e. The van der Waals surface area contributed by atoms with Gasteiger partial charge in [-0.2, -0.15) is 0 Å². The first-order valence-electron chi connectivity index (χ1n) is 17.0. The Labute approximate surface area is 295 Å². The maximum atomic E-state index is 6.75. The molecular formula is C45H26N4OS. The third-order valence-corrected chi connectivity index (χ3v) is 11.0. The highest BCUT2D eigenvalue weighted by Crippen LogP contribution is 2.50. The van der Waals surface area contributed by atoms with E-state index in [9.17, 15) is 0 Å². The average Bonchev–Trinajstić information content (AvgIpc) is 3.88. The number of fused-ring (bicyclic) bond motifs is 12. The minimum atomic E-state index is 0.626. The molecule has 6 heteroatoms. The summed E-state index contributed by atoms with van der Waals surface area (Å²) in [6.45, 7) is 0. The first kappa shape index (κ1) is 28.2. The standard InChI is InChI=1S/C45H26N4OS/c1-3-14-27(15-4-1)43-46-44(28-16-5-2-6-17-28)48-45(47-43)29-18-13-19-30(26-29)49-34-23-10-7-20-31(34)37-38-32-21-8-11-24-35(32)50-41(38)39-33-22-9-12-25-36(33)51-42(39)40(37)49/h1-26H. The second-order valence-corrected chi connectivity index (χ2v) is 13.8. The smallest absolute Gasteiger partial charge is 0.164 e. The molecule has 0 unspecified atom stereocenters. The Balaban J connectivity index is 1.24. The van der Waals surface area contributed by atoms with Gasteiger partial charge in [-0.25, -0.2) is 15.0 Å². The van der Waals surface area contributed by atoms with Crippen molar-refractivity contribution in [1.29, 1.82) is 0 Å². The molecule has 0 saturated heterocycles. The maximum Gasteiger partial charge on any atom is 0.164 e. The summed E-state index contributed by atoms with van der Waals surface area (Å²) in [5.74, 6) is 1.91. The molecule has 0 fully saturated rings. The number of thiophene rings is 1. The normalized spacial score (nSPS) is 11.9. The SMILES string of the molecule is c1ccc(-c2nc(-c3ccccc3)nc(-c3cccc(-n4c5ccccc5c5c6c7ccccc7oc6c6c7ccccc7sc6c54)c3)n2)cc1. The molecule has 7 aromatic carbocycles. The summed E-state index contributed by atoms with van der Waals surface area (Å²) in [5.41, 5.74) is 7.99. The molecule has 0 amide bonds. The second-order valence-electron chi connectivity index (χ2n) is 12.8. The molecular weight excluding hydrogens is 645 g/mol. The van der Waals surface area contributed by atoms with Gasteiger partial charge in [-0.3, -0.25) is 0 Å². The van der Waals surface area contributed by atoms with E-state index in [0.29, 0.717) is 17.5 Å². The Kier molecular flexibility index (Phi) is 6.05. The lowest BCUT2D eigenvalue weighted by Crippen LogP contribution is -2.01. The van der Waals surface area contributed by atoms with E-state index < -0.39 is 0 Å². The van der Waals surface area contributed by atoms with Gasteiger partial charge in [0.2, 0.25) is 0 Å². The molecule has 4 heterocycles. The number of benzene rings is 7. The van der Waals surface area contributed by atoms with Crippen molar-refractivity contribution in [1.82, 2.24) is 19.5 Å². The van der Waals surface area contributed by atoms with Gasteiger partial charge >= 0.3 is 0 Å². The summed E-state index contributed by atoms with van der Waals surface area (Å²) < 4.78 is 11.6. The predicted octanol–water partition coefficient (Wildman–Crippen LogP) is 12.2. The highest BCUT2D eigenvalue weighted by Gasteiger charge is 2.25. The summed E-state index contributed by atoms with van der Waals surface area (Å²) in [7, 11) is 0. The molecule has 0 spiro atoms. The van der Waals surface area contributed by atoms with E-state index >= 15 is 0 Å². The number of furan rings is 1. The number of para-hydroxylation sites is 2. The van der Waals surface area contributed by atoms with Crippen molar-refractivity contribution in [2.24, 2.45) is 0 Å². The van der Waals surface area contributed by atoms with Crippen LogP contribution >= 0.6 is 11.3 Å².